The van der Waals surface area contributed by atoms with Gasteiger partial charge in [0.25, 0.3) is 5.91 Å². The number of nitrogens with two attached hydrogens (primary N) is 2. The Hall–Kier alpha value is -2.67. The van der Waals surface area contributed by atoms with Crippen LogP contribution in [0.4, 0.5) is 21.7 Å². The fourth-order valence-corrected chi connectivity index (χ4v) is 3.57. The quantitative estimate of drug-likeness (QED) is 0.645. The largest absolute Gasteiger partial charge is 0.365 e. The molecule has 0 unspecified atom stereocenters. The number of hydrogen-bond donors (Lipinski definition) is 4. The maximum absolute atomic E-state index is 14.5. The van der Waals surface area contributed by atoms with Gasteiger partial charge in [-0.15, -0.1) is 0 Å². The van der Waals surface area contributed by atoms with Crippen LogP contribution >= 0.6 is 0 Å². The molecule has 0 aliphatic heterocycles. The van der Waals surface area contributed by atoms with Crippen LogP contribution in [0.1, 0.15) is 47.2 Å². The minimum Gasteiger partial charge on any atom is -0.365 e. The minimum absolute atomic E-state index is 0.00477. The van der Waals surface area contributed by atoms with E-state index < -0.39 is 11.7 Å². The van der Waals surface area contributed by atoms with Gasteiger partial charge >= 0.3 is 0 Å². The molecule has 27 heavy (non-hydrogen) atoms. The van der Waals surface area contributed by atoms with Gasteiger partial charge in [0.2, 0.25) is 0 Å². The summed E-state index contributed by atoms with van der Waals surface area (Å²) in [5, 5.41) is 6.21. The molecule has 1 heterocycles. The van der Waals surface area contributed by atoms with Crippen molar-refractivity contribution in [2.45, 2.75) is 51.6 Å². The maximum atomic E-state index is 14.5. The second-order valence-corrected chi connectivity index (χ2v) is 7.28. The molecule has 1 aromatic carbocycles. The van der Waals surface area contributed by atoms with Crippen LogP contribution in [0.5, 0.6) is 0 Å². The van der Waals surface area contributed by atoms with Gasteiger partial charge in [-0.1, -0.05) is 18.9 Å². The molecule has 0 radical (unpaired) electrons. The number of hydrogen-bond acceptors (Lipinski definition) is 5. The van der Waals surface area contributed by atoms with E-state index in [-0.39, 0.29) is 29.3 Å². The van der Waals surface area contributed by atoms with Crippen molar-refractivity contribution in [2.75, 3.05) is 10.6 Å². The zero-order valence-electron chi connectivity index (χ0n) is 15.7. The topological polar surface area (TPSA) is 106 Å². The first-order valence-electron chi connectivity index (χ1n) is 9.21. The van der Waals surface area contributed by atoms with Crippen LogP contribution in [0.3, 0.4) is 0 Å². The summed E-state index contributed by atoms with van der Waals surface area (Å²) >= 11 is 0. The van der Waals surface area contributed by atoms with Crippen molar-refractivity contribution in [3.63, 3.8) is 0 Å². The first-order valence-corrected chi connectivity index (χ1v) is 9.21. The Kier molecular flexibility index (Phi) is 5.60. The standard InChI is InChI=1S/C20H26FN5O/c1-11-7-12(2)9-13(8-11)24-19-14(18(23)27)10-15(21)20(26-19)25-17-6-4-3-5-16(17)22/h7-10,16-17H,3-6,22H2,1-2H3,(H2,23,27)(H2,24,25,26)/t16-,17+/m0/s1. The van der Waals surface area contributed by atoms with Crippen molar-refractivity contribution in [3.8, 4) is 0 Å². The average Bonchev–Trinajstić information content (AvgIpc) is 2.58. The molecule has 0 spiro atoms. The molecular weight excluding hydrogens is 345 g/mol. The number of nitrogens with zero attached hydrogens (tertiary/aromatic N) is 1. The summed E-state index contributed by atoms with van der Waals surface area (Å²) in [4.78, 5) is 16.1. The van der Waals surface area contributed by atoms with Crippen molar-refractivity contribution in [2.24, 2.45) is 11.5 Å². The van der Waals surface area contributed by atoms with E-state index in [9.17, 15) is 9.18 Å². The first-order chi connectivity index (χ1) is 12.8. The zero-order chi connectivity index (χ0) is 19.6. The average molecular weight is 371 g/mol. The van der Waals surface area contributed by atoms with Crippen molar-refractivity contribution in [1.82, 2.24) is 4.98 Å². The van der Waals surface area contributed by atoms with Gasteiger partial charge in [0, 0.05) is 17.8 Å². The van der Waals surface area contributed by atoms with Crippen molar-refractivity contribution >= 4 is 23.2 Å². The Morgan fingerprint density at radius 1 is 1.11 bits per heavy atom. The fraction of sp³-hybridized carbons (Fsp3) is 0.400. The minimum atomic E-state index is -0.741. The third-order valence-electron chi connectivity index (χ3n) is 4.87. The highest BCUT2D eigenvalue weighted by molar-refractivity contribution is 5.98. The Labute approximate surface area is 158 Å². The molecule has 144 valence electrons. The molecule has 0 saturated heterocycles. The zero-order valence-corrected chi connectivity index (χ0v) is 15.7. The van der Waals surface area contributed by atoms with Crippen molar-refractivity contribution in [3.05, 3.63) is 46.8 Å². The van der Waals surface area contributed by atoms with Crippen LogP contribution in [-0.2, 0) is 0 Å². The number of anilines is 3. The van der Waals surface area contributed by atoms with Crippen molar-refractivity contribution in [1.29, 1.82) is 0 Å². The number of carbonyl (C=O) groups excluding carboxylic acids is 1. The van der Waals surface area contributed by atoms with Gasteiger partial charge in [-0.25, -0.2) is 9.37 Å². The van der Waals surface area contributed by atoms with Crippen LogP contribution in [0.25, 0.3) is 0 Å². The lowest BCUT2D eigenvalue weighted by molar-refractivity contribution is 0.100. The van der Waals surface area contributed by atoms with Gasteiger partial charge in [-0.3, -0.25) is 4.79 Å². The molecule has 1 saturated carbocycles. The number of primary amides is 1. The lowest BCUT2D eigenvalue weighted by Gasteiger charge is -2.30. The SMILES string of the molecule is Cc1cc(C)cc(Nc2nc(N[C@@H]3CCCC[C@@H]3N)c(F)cc2C(N)=O)c1. The number of nitrogens with one attached hydrogen (secondary N) is 2. The summed E-state index contributed by atoms with van der Waals surface area (Å²) in [6.07, 6.45) is 3.88. The highest BCUT2D eigenvalue weighted by Gasteiger charge is 2.24. The van der Waals surface area contributed by atoms with Crippen LogP contribution in [0.2, 0.25) is 0 Å². The van der Waals surface area contributed by atoms with E-state index in [1.165, 1.54) is 0 Å². The summed E-state index contributed by atoms with van der Waals surface area (Å²) in [7, 11) is 0. The van der Waals surface area contributed by atoms with E-state index >= 15 is 0 Å². The molecule has 6 nitrogen and oxygen atoms in total. The summed E-state index contributed by atoms with van der Waals surface area (Å²) in [5.41, 5.74) is 14.5. The number of aromatic nitrogens is 1. The molecule has 1 aromatic heterocycles. The predicted octanol–water partition coefficient (Wildman–Crippen LogP) is 3.36. The molecule has 7 heteroatoms. The number of aryl methyl sites for hydroxylation is 2. The van der Waals surface area contributed by atoms with Crippen LogP contribution in [0.15, 0.2) is 24.3 Å². The van der Waals surface area contributed by atoms with Crippen LogP contribution in [0, 0.1) is 19.7 Å². The number of carbonyl (C=O) groups is 1. The van der Waals surface area contributed by atoms with Gasteiger partial charge in [0.05, 0.1) is 5.56 Å². The summed E-state index contributed by atoms with van der Waals surface area (Å²) in [6, 6.07) is 6.91. The van der Waals surface area contributed by atoms with Gasteiger partial charge < -0.3 is 22.1 Å². The lowest BCUT2D eigenvalue weighted by Crippen LogP contribution is -2.43. The number of halogens is 1. The van der Waals surface area contributed by atoms with Gasteiger partial charge in [-0.05, 0) is 56.0 Å². The second-order valence-electron chi connectivity index (χ2n) is 7.28. The van der Waals surface area contributed by atoms with Gasteiger partial charge in [0.15, 0.2) is 11.6 Å². The first kappa shape index (κ1) is 19.1. The highest BCUT2D eigenvalue weighted by Crippen LogP contribution is 2.27. The smallest absolute Gasteiger partial charge is 0.252 e. The molecular formula is C20H26FN5O. The van der Waals surface area contributed by atoms with Crippen LogP contribution < -0.4 is 22.1 Å². The lowest BCUT2D eigenvalue weighted by atomic mass is 9.91. The maximum Gasteiger partial charge on any atom is 0.252 e. The molecule has 1 fully saturated rings. The number of pyridine rings is 1. The molecule has 0 bridgehead atoms. The Morgan fingerprint density at radius 3 is 2.41 bits per heavy atom. The molecule has 6 N–H and O–H groups in total. The Bertz CT molecular complexity index is 834. The number of rotatable bonds is 5. The van der Waals surface area contributed by atoms with E-state index in [2.05, 4.69) is 15.6 Å². The van der Waals surface area contributed by atoms with E-state index in [0.29, 0.717) is 0 Å². The molecule has 1 aliphatic carbocycles. The molecule has 2 aromatic rings. The third-order valence-corrected chi connectivity index (χ3v) is 4.87. The Balaban J connectivity index is 1.94. The van der Waals surface area contributed by atoms with Gasteiger partial charge in [-0.2, -0.15) is 0 Å². The molecule has 1 amide bonds. The fourth-order valence-electron chi connectivity index (χ4n) is 3.57. The normalized spacial score (nSPS) is 19.6. The number of amides is 1. The summed E-state index contributed by atoms with van der Waals surface area (Å²) in [5.74, 6) is -1.06. The van der Waals surface area contributed by atoms with E-state index in [0.717, 1.165) is 48.6 Å². The van der Waals surface area contributed by atoms with E-state index in [4.69, 9.17) is 11.5 Å². The van der Waals surface area contributed by atoms with Crippen LogP contribution in [-0.4, -0.2) is 23.0 Å². The number of benzene rings is 1. The molecule has 2 atom stereocenters. The molecule has 3 rings (SSSR count). The monoisotopic (exact) mass is 371 g/mol. The third kappa shape index (κ3) is 4.54. The van der Waals surface area contributed by atoms with Crippen molar-refractivity contribution < 1.29 is 9.18 Å². The van der Waals surface area contributed by atoms with Gasteiger partial charge in [0.1, 0.15) is 5.82 Å². The highest BCUT2D eigenvalue weighted by atomic mass is 19.1. The second kappa shape index (κ2) is 7.92. The summed E-state index contributed by atoms with van der Waals surface area (Å²) in [6.45, 7) is 3.95. The van der Waals surface area contributed by atoms with E-state index in [1.54, 1.807) is 0 Å². The molecule has 1 aliphatic rings. The van der Waals surface area contributed by atoms with E-state index in [1.807, 2.05) is 32.0 Å². The Morgan fingerprint density at radius 2 is 1.78 bits per heavy atom. The predicted molar refractivity (Wildman–Crippen MR) is 106 cm³/mol. The summed E-state index contributed by atoms with van der Waals surface area (Å²) < 4.78 is 14.5.